The molecule has 1 aromatic heterocycles. The van der Waals surface area contributed by atoms with Gasteiger partial charge in [0.1, 0.15) is 0 Å². The van der Waals surface area contributed by atoms with Gasteiger partial charge >= 0.3 is 6.18 Å². The lowest BCUT2D eigenvalue weighted by Crippen LogP contribution is -2.09. The van der Waals surface area contributed by atoms with E-state index in [4.69, 9.17) is 9.47 Å². The summed E-state index contributed by atoms with van der Waals surface area (Å²) in [5, 5.41) is 0. The molecule has 0 fully saturated rings. The van der Waals surface area contributed by atoms with Gasteiger partial charge in [-0.15, -0.1) is 0 Å². The van der Waals surface area contributed by atoms with Gasteiger partial charge in [0, 0.05) is 35.9 Å². The van der Waals surface area contributed by atoms with Crippen LogP contribution in [0.25, 0.3) is 5.69 Å². The lowest BCUT2D eigenvalue weighted by Gasteiger charge is -2.17. The Morgan fingerprint density at radius 3 is 2.43 bits per heavy atom. The Labute approximate surface area is 158 Å². The third-order valence-corrected chi connectivity index (χ3v) is 5.22. The number of halogens is 3. The monoisotopic (exact) mass is 385 g/mol. The quantitative estimate of drug-likeness (QED) is 0.596. The minimum absolute atomic E-state index is 0.0955. The highest BCUT2D eigenvalue weighted by molar-refractivity contribution is 6.01. The van der Waals surface area contributed by atoms with Crippen molar-refractivity contribution in [2.24, 2.45) is 0 Å². The molecule has 2 aromatic carbocycles. The molecule has 0 aliphatic carbocycles. The van der Waals surface area contributed by atoms with E-state index in [1.165, 1.54) is 12.1 Å². The van der Waals surface area contributed by atoms with Crippen molar-refractivity contribution in [2.75, 3.05) is 6.79 Å². The van der Waals surface area contributed by atoms with Crippen molar-refractivity contribution in [3.63, 3.8) is 0 Å². The molecular formula is C21H14F3NO3. The lowest BCUT2D eigenvalue weighted by atomic mass is 9.89. The van der Waals surface area contributed by atoms with Crippen LogP contribution in [0.5, 0.6) is 11.5 Å². The fourth-order valence-electron chi connectivity index (χ4n) is 3.84. The summed E-state index contributed by atoms with van der Waals surface area (Å²) < 4.78 is 51.4. The second-order valence-corrected chi connectivity index (χ2v) is 6.83. The highest BCUT2D eigenvalue weighted by Gasteiger charge is 2.33. The Hall–Kier alpha value is -3.22. The minimum Gasteiger partial charge on any atom is -0.454 e. The van der Waals surface area contributed by atoms with Gasteiger partial charge in [-0.1, -0.05) is 12.1 Å². The first-order valence-corrected chi connectivity index (χ1v) is 8.73. The molecule has 3 aromatic rings. The Kier molecular flexibility index (Phi) is 3.56. The number of alkyl halides is 3. The van der Waals surface area contributed by atoms with Crippen LogP contribution in [0.1, 0.15) is 39.5 Å². The maximum absolute atomic E-state index is 13.0. The molecule has 2 aliphatic heterocycles. The molecule has 142 valence electrons. The van der Waals surface area contributed by atoms with Gasteiger partial charge in [0.25, 0.3) is 0 Å². The van der Waals surface area contributed by atoms with Gasteiger partial charge in [-0.2, -0.15) is 13.2 Å². The van der Waals surface area contributed by atoms with E-state index >= 15 is 0 Å². The summed E-state index contributed by atoms with van der Waals surface area (Å²) in [4.78, 5) is 13.0. The number of carbonyl (C=O) groups is 1. The molecule has 0 saturated heterocycles. The number of aromatic nitrogens is 1. The predicted octanol–water partition coefficient (Wildman–Crippen LogP) is 4.94. The Morgan fingerprint density at radius 1 is 1.00 bits per heavy atom. The van der Waals surface area contributed by atoms with Gasteiger partial charge < -0.3 is 14.0 Å². The van der Waals surface area contributed by atoms with E-state index in [9.17, 15) is 18.0 Å². The normalized spacial score (nSPS) is 17.8. The van der Waals surface area contributed by atoms with Crippen molar-refractivity contribution in [1.82, 2.24) is 4.57 Å². The number of benzene rings is 2. The molecule has 0 N–H and O–H groups in total. The van der Waals surface area contributed by atoms with E-state index in [0.29, 0.717) is 28.3 Å². The molecule has 1 unspecified atom stereocenters. The van der Waals surface area contributed by atoms with E-state index in [2.05, 4.69) is 0 Å². The molecule has 0 amide bonds. The zero-order valence-corrected chi connectivity index (χ0v) is 14.5. The fraction of sp³-hybridized carbons (Fsp3) is 0.190. The Balaban J connectivity index is 1.62. The van der Waals surface area contributed by atoms with Gasteiger partial charge in [-0.3, -0.25) is 4.79 Å². The molecule has 0 bridgehead atoms. The van der Waals surface area contributed by atoms with Crippen LogP contribution in [-0.4, -0.2) is 17.1 Å². The van der Waals surface area contributed by atoms with Crippen LogP contribution in [0.15, 0.2) is 54.7 Å². The van der Waals surface area contributed by atoms with Crippen molar-refractivity contribution < 1.29 is 27.4 Å². The van der Waals surface area contributed by atoms with Crippen LogP contribution in [0.2, 0.25) is 0 Å². The summed E-state index contributed by atoms with van der Waals surface area (Å²) in [6, 6.07) is 12.2. The van der Waals surface area contributed by atoms with Crippen LogP contribution < -0.4 is 9.47 Å². The zero-order valence-electron chi connectivity index (χ0n) is 14.5. The highest BCUT2D eigenvalue weighted by atomic mass is 19.4. The van der Waals surface area contributed by atoms with Crippen LogP contribution in [0.4, 0.5) is 13.2 Å². The molecule has 28 heavy (non-hydrogen) atoms. The summed E-state index contributed by atoms with van der Waals surface area (Å²) in [6.07, 6.45) is -2.40. The minimum atomic E-state index is -4.39. The number of fused-ring (bicyclic) bond motifs is 4. The number of nitrogens with zero attached hydrogens (tertiary/aromatic N) is 1. The number of hydrogen-bond acceptors (Lipinski definition) is 3. The first-order chi connectivity index (χ1) is 13.4. The standard InChI is InChI=1S/C21H14F3NO3/c22-21(23,24)13-5-3-12(4-6-13)14-8-18(26)15-9-19-20(28-11-27-19)10-17(15)25-7-1-2-16(14)25/h1-7,9-10,14H,8,11H2. The maximum Gasteiger partial charge on any atom is 0.416 e. The second kappa shape index (κ2) is 5.89. The molecule has 1 atom stereocenters. The van der Waals surface area contributed by atoms with Crippen molar-refractivity contribution >= 4 is 5.78 Å². The topological polar surface area (TPSA) is 40.5 Å². The van der Waals surface area contributed by atoms with Gasteiger partial charge in [0.2, 0.25) is 6.79 Å². The molecule has 2 aliphatic rings. The van der Waals surface area contributed by atoms with Gasteiger partial charge in [0.05, 0.1) is 11.3 Å². The number of carbonyl (C=O) groups excluding carboxylic acids is 1. The molecule has 4 nitrogen and oxygen atoms in total. The van der Waals surface area contributed by atoms with Crippen molar-refractivity contribution in [2.45, 2.75) is 18.5 Å². The third-order valence-electron chi connectivity index (χ3n) is 5.22. The summed E-state index contributed by atoms with van der Waals surface area (Å²) >= 11 is 0. The molecule has 0 radical (unpaired) electrons. The lowest BCUT2D eigenvalue weighted by molar-refractivity contribution is -0.137. The average molecular weight is 385 g/mol. The fourth-order valence-corrected chi connectivity index (χ4v) is 3.84. The van der Waals surface area contributed by atoms with Crippen LogP contribution in [0, 0.1) is 0 Å². The number of ether oxygens (including phenoxy) is 2. The van der Waals surface area contributed by atoms with Gasteiger partial charge in [0.15, 0.2) is 17.3 Å². The SMILES string of the molecule is O=C1CC(c2ccc(C(F)(F)F)cc2)c2cccn2-c2cc3c(cc21)OCO3. The third kappa shape index (κ3) is 2.58. The number of ketones is 1. The second-order valence-electron chi connectivity index (χ2n) is 6.83. The number of hydrogen-bond donors (Lipinski definition) is 0. The number of rotatable bonds is 1. The van der Waals surface area contributed by atoms with Crippen LogP contribution in [-0.2, 0) is 6.18 Å². The molecule has 0 saturated carbocycles. The molecular weight excluding hydrogens is 371 g/mol. The van der Waals surface area contributed by atoms with Gasteiger partial charge in [-0.25, -0.2) is 0 Å². The Morgan fingerprint density at radius 2 is 1.71 bits per heavy atom. The molecule has 0 spiro atoms. The van der Waals surface area contributed by atoms with Crippen molar-refractivity contribution in [3.05, 3.63) is 77.1 Å². The van der Waals surface area contributed by atoms with Crippen molar-refractivity contribution in [3.8, 4) is 17.2 Å². The Bertz CT molecular complexity index is 1080. The van der Waals surface area contributed by atoms with Crippen LogP contribution >= 0.6 is 0 Å². The van der Waals surface area contributed by atoms with E-state index in [1.807, 2.05) is 22.9 Å². The zero-order chi connectivity index (χ0) is 19.5. The molecule has 5 rings (SSSR count). The molecule has 7 heteroatoms. The van der Waals surface area contributed by atoms with E-state index in [0.717, 1.165) is 17.8 Å². The number of Topliss-reactive ketones (excluding diaryl/α,β-unsaturated/α-hetero) is 1. The van der Waals surface area contributed by atoms with E-state index in [-0.39, 0.29) is 24.9 Å². The first kappa shape index (κ1) is 16.9. The van der Waals surface area contributed by atoms with Crippen molar-refractivity contribution in [1.29, 1.82) is 0 Å². The van der Waals surface area contributed by atoms with Crippen LogP contribution in [0.3, 0.4) is 0 Å². The smallest absolute Gasteiger partial charge is 0.416 e. The molecule has 3 heterocycles. The summed E-state index contributed by atoms with van der Waals surface area (Å²) in [5.74, 6) is 0.642. The van der Waals surface area contributed by atoms with Gasteiger partial charge in [-0.05, 0) is 35.9 Å². The van der Waals surface area contributed by atoms with E-state index in [1.54, 1.807) is 12.1 Å². The summed E-state index contributed by atoms with van der Waals surface area (Å²) in [7, 11) is 0. The maximum atomic E-state index is 13.0. The highest BCUT2D eigenvalue weighted by Crippen LogP contribution is 2.42. The van der Waals surface area contributed by atoms with E-state index < -0.39 is 11.7 Å². The largest absolute Gasteiger partial charge is 0.454 e. The first-order valence-electron chi connectivity index (χ1n) is 8.73. The summed E-state index contributed by atoms with van der Waals surface area (Å²) in [5.41, 5.74) is 1.99. The average Bonchev–Trinajstić information content (AvgIpc) is 3.31. The summed E-state index contributed by atoms with van der Waals surface area (Å²) in [6.45, 7) is 0.110. The predicted molar refractivity (Wildman–Crippen MR) is 94.1 cm³/mol.